The Bertz CT molecular complexity index is 1070. The molecule has 0 aliphatic heterocycles. The monoisotopic (exact) mass is 547 g/mol. The van der Waals surface area contributed by atoms with Gasteiger partial charge in [0, 0.05) is 25.4 Å². The van der Waals surface area contributed by atoms with Crippen LogP contribution < -0.4 is 0 Å². The quantitative estimate of drug-likeness (QED) is 0.142. The lowest BCUT2D eigenvalue weighted by Gasteiger charge is -2.54. The normalized spacial score (nSPS) is 30.3. The molecule has 0 heterocycles. The van der Waals surface area contributed by atoms with Gasteiger partial charge < -0.3 is 15.1 Å². The largest absolute Gasteiger partial charge is 0.508 e. The van der Waals surface area contributed by atoms with E-state index in [9.17, 15) is 15.0 Å². The zero-order valence-corrected chi connectivity index (χ0v) is 25.3. The molecule has 0 bridgehead atoms. The first-order valence-corrected chi connectivity index (χ1v) is 16.2. The van der Waals surface area contributed by atoms with Crippen molar-refractivity contribution in [2.45, 2.75) is 122 Å². The van der Waals surface area contributed by atoms with Crippen LogP contribution in [0.4, 0.5) is 0 Å². The molecule has 0 radical (unpaired) electrons. The van der Waals surface area contributed by atoms with Gasteiger partial charge in [0.1, 0.15) is 11.4 Å². The third-order valence-corrected chi connectivity index (χ3v) is 10.8. The molecule has 4 heteroatoms. The molecule has 0 spiro atoms. The van der Waals surface area contributed by atoms with Crippen molar-refractivity contribution in [1.82, 2.24) is 4.90 Å². The van der Waals surface area contributed by atoms with Crippen molar-refractivity contribution in [1.29, 1.82) is 0 Å². The smallest absolute Gasteiger partial charge is 0.222 e. The van der Waals surface area contributed by atoms with Crippen LogP contribution in [-0.4, -0.2) is 40.2 Å². The number of unbranched alkanes of at least 4 members (excludes halogenated alkanes) is 8. The number of rotatable bonds is 14. The minimum Gasteiger partial charge on any atom is -0.508 e. The number of hydrogen-bond acceptors (Lipinski definition) is 3. The Morgan fingerprint density at radius 1 is 1.10 bits per heavy atom. The van der Waals surface area contributed by atoms with Gasteiger partial charge in [0.05, 0.1) is 0 Å². The summed E-state index contributed by atoms with van der Waals surface area (Å²) in [5.74, 6) is 5.19. The van der Waals surface area contributed by atoms with Crippen molar-refractivity contribution in [3.63, 3.8) is 0 Å². The fraction of sp³-hybridized carbons (Fsp3) is 0.694. The molecular weight excluding hydrogens is 494 g/mol. The maximum absolute atomic E-state index is 12.2. The lowest BCUT2D eigenvalue weighted by Crippen LogP contribution is -2.52. The maximum atomic E-state index is 12.2. The number of aliphatic hydroxyl groups is 1. The van der Waals surface area contributed by atoms with Gasteiger partial charge in [-0.25, -0.2) is 0 Å². The number of phenols is 1. The minimum atomic E-state index is -1.15. The van der Waals surface area contributed by atoms with Crippen LogP contribution in [0.2, 0.25) is 0 Å². The standard InChI is InChI=1S/C36H53NO3/c1-5-7-24-37(4)33(39)17-15-13-11-9-8-10-12-14-16-27-25-28-26-29(38)18-19-30(28)31-20-22-35(3)32(34(27)31)21-23-36(35,40)6-2/h2,18-19,21,23,26-27,31-32,34,38,40H,5,7-17,20,22,24-25H2,1,3-4H3/t27-,31-,32+,34-,35+,36+/m1/s1. The van der Waals surface area contributed by atoms with Gasteiger partial charge >= 0.3 is 0 Å². The summed E-state index contributed by atoms with van der Waals surface area (Å²) >= 11 is 0. The number of allylic oxidation sites excluding steroid dienone is 1. The molecule has 1 amide bonds. The van der Waals surface area contributed by atoms with Crippen LogP contribution >= 0.6 is 0 Å². The summed E-state index contributed by atoms with van der Waals surface area (Å²) in [4.78, 5) is 14.1. The third kappa shape index (κ3) is 6.46. The fourth-order valence-electron chi connectivity index (χ4n) is 8.20. The number of carbonyl (C=O) groups excluding carboxylic acids is 1. The van der Waals surface area contributed by atoms with E-state index in [4.69, 9.17) is 6.42 Å². The highest BCUT2D eigenvalue weighted by atomic mass is 16.3. The van der Waals surface area contributed by atoms with Crippen molar-refractivity contribution in [3.05, 3.63) is 41.5 Å². The highest BCUT2D eigenvalue weighted by Gasteiger charge is 2.60. The highest BCUT2D eigenvalue weighted by molar-refractivity contribution is 5.75. The minimum absolute atomic E-state index is 0.289. The molecule has 2 N–H and O–H groups in total. The lowest BCUT2D eigenvalue weighted by molar-refractivity contribution is -0.130. The molecule has 1 fully saturated rings. The number of amides is 1. The number of terminal acetylenes is 1. The Labute approximate surface area is 243 Å². The van der Waals surface area contributed by atoms with Crippen LogP contribution in [0.5, 0.6) is 5.75 Å². The van der Waals surface area contributed by atoms with Gasteiger partial charge in [-0.05, 0) is 91.5 Å². The molecule has 0 aromatic heterocycles. The zero-order valence-electron chi connectivity index (χ0n) is 25.3. The Morgan fingerprint density at radius 3 is 2.50 bits per heavy atom. The van der Waals surface area contributed by atoms with Crippen LogP contribution in [0.25, 0.3) is 0 Å². The number of fused-ring (bicyclic) bond motifs is 5. The average molecular weight is 548 g/mol. The van der Waals surface area contributed by atoms with E-state index in [1.807, 2.05) is 30.2 Å². The second-order valence-corrected chi connectivity index (χ2v) is 13.3. The van der Waals surface area contributed by atoms with E-state index in [2.05, 4.69) is 31.9 Å². The van der Waals surface area contributed by atoms with Crippen molar-refractivity contribution in [2.24, 2.45) is 23.2 Å². The predicted molar refractivity (Wildman–Crippen MR) is 164 cm³/mol. The van der Waals surface area contributed by atoms with Gasteiger partial charge in [-0.2, -0.15) is 0 Å². The second kappa shape index (κ2) is 13.6. The first-order chi connectivity index (χ1) is 19.2. The Morgan fingerprint density at radius 2 is 1.80 bits per heavy atom. The Balaban J connectivity index is 1.24. The summed E-state index contributed by atoms with van der Waals surface area (Å²) in [6.07, 6.45) is 26.8. The Hall–Kier alpha value is -2.25. The molecular formula is C36H53NO3. The summed E-state index contributed by atoms with van der Waals surface area (Å²) in [7, 11) is 1.93. The predicted octanol–water partition coefficient (Wildman–Crippen LogP) is 7.77. The van der Waals surface area contributed by atoms with Gasteiger partial charge in [0.25, 0.3) is 0 Å². The van der Waals surface area contributed by atoms with E-state index < -0.39 is 5.60 Å². The van der Waals surface area contributed by atoms with E-state index in [0.717, 1.165) is 51.5 Å². The molecule has 1 saturated carbocycles. The van der Waals surface area contributed by atoms with E-state index in [1.165, 1.54) is 56.1 Å². The molecule has 220 valence electrons. The second-order valence-electron chi connectivity index (χ2n) is 13.3. The van der Waals surface area contributed by atoms with E-state index in [0.29, 0.717) is 35.8 Å². The molecule has 4 nitrogen and oxygen atoms in total. The van der Waals surface area contributed by atoms with Crippen molar-refractivity contribution in [3.8, 4) is 18.1 Å². The highest BCUT2D eigenvalue weighted by Crippen LogP contribution is 2.63. The zero-order chi connectivity index (χ0) is 28.8. The summed E-state index contributed by atoms with van der Waals surface area (Å²) in [5.41, 5.74) is 1.27. The van der Waals surface area contributed by atoms with E-state index in [1.54, 1.807) is 0 Å². The van der Waals surface area contributed by atoms with Gasteiger partial charge in [-0.15, -0.1) is 6.42 Å². The average Bonchev–Trinajstić information content (AvgIpc) is 3.22. The van der Waals surface area contributed by atoms with Crippen LogP contribution in [-0.2, 0) is 11.2 Å². The molecule has 1 aromatic rings. The molecule has 0 unspecified atom stereocenters. The number of hydrogen-bond donors (Lipinski definition) is 2. The van der Waals surface area contributed by atoms with E-state index in [-0.39, 0.29) is 11.3 Å². The number of phenolic OH excluding ortho intramolecular Hbond substituents is 1. The molecule has 40 heavy (non-hydrogen) atoms. The van der Waals surface area contributed by atoms with Gasteiger partial charge in [0.15, 0.2) is 0 Å². The summed E-state index contributed by atoms with van der Waals surface area (Å²) in [6.45, 7) is 5.25. The molecule has 3 aliphatic carbocycles. The third-order valence-electron chi connectivity index (χ3n) is 10.8. The van der Waals surface area contributed by atoms with E-state index >= 15 is 0 Å². The van der Waals surface area contributed by atoms with Crippen LogP contribution in [0, 0.1) is 35.5 Å². The number of carbonyl (C=O) groups is 1. The molecule has 3 aliphatic rings. The topological polar surface area (TPSA) is 60.8 Å². The SMILES string of the molecule is C#C[C@]1(O)C=C[C@H]2[C@@H]3[C@H](CCCCCCCCCCC(=O)N(C)CCCC)Cc4cc(O)ccc4[C@H]3CC[C@@]21C. The number of nitrogens with zero attached hydrogens (tertiary/aromatic N) is 1. The fourth-order valence-corrected chi connectivity index (χ4v) is 8.20. The number of benzene rings is 1. The summed E-state index contributed by atoms with van der Waals surface area (Å²) in [5, 5.41) is 21.5. The molecule has 1 aromatic carbocycles. The summed E-state index contributed by atoms with van der Waals surface area (Å²) < 4.78 is 0. The molecule has 4 rings (SSSR count). The van der Waals surface area contributed by atoms with Crippen molar-refractivity contribution < 1.29 is 15.0 Å². The summed E-state index contributed by atoms with van der Waals surface area (Å²) in [6, 6.07) is 5.98. The maximum Gasteiger partial charge on any atom is 0.222 e. The van der Waals surface area contributed by atoms with Crippen LogP contribution in [0.15, 0.2) is 30.4 Å². The van der Waals surface area contributed by atoms with Gasteiger partial charge in [0.2, 0.25) is 5.91 Å². The number of aromatic hydroxyl groups is 1. The first kappa shape index (κ1) is 30.7. The van der Waals surface area contributed by atoms with Gasteiger partial charge in [-0.3, -0.25) is 4.79 Å². The van der Waals surface area contributed by atoms with Crippen molar-refractivity contribution >= 4 is 5.91 Å². The lowest BCUT2D eigenvalue weighted by atomic mass is 9.50. The first-order valence-electron chi connectivity index (χ1n) is 16.2. The molecule has 6 atom stereocenters. The van der Waals surface area contributed by atoms with Crippen LogP contribution in [0.3, 0.4) is 0 Å². The van der Waals surface area contributed by atoms with Crippen LogP contribution in [0.1, 0.15) is 121 Å². The van der Waals surface area contributed by atoms with Gasteiger partial charge in [-0.1, -0.05) is 83.3 Å². The Kier molecular flexibility index (Phi) is 10.4. The molecule has 0 saturated heterocycles. The van der Waals surface area contributed by atoms with Crippen molar-refractivity contribution in [2.75, 3.05) is 13.6 Å².